The van der Waals surface area contributed by atoms with Crippen LogP contribution in [-0.4, -0.2) is 16.1 Å². The van der Waals surface area contributed by atoms with Gasteiger partial charge in [0, 0.05) is 6.07 Å². The van der Waals surface area contributed by atoms with Crippen molar-refractivity contribution >= 4 is 28.8 Å². The number of amides is 1. The van der Waals surface area contributed by atoms with E-state index in [9.17, 15) is 9.59 Å². The van der Waals surface area contributed by atoms with Gasteiger partial charge in [0.15, 0.2) is 0 Å². The van der Waals surface area contributed by atoms with Crippen LogP contribution in [-0.2, 0) is 0 Å². The van der Waals surface area contributed by atoms with Crippen molar-refractivity contribution in [2.75, 3.05) is 0 Å². The summed E-state index contributed by atoms with van der Waals surface area (Å²) in [6.45, 7) is 0. The molecule has 1 aromatic rings. The van der Waals surface area contributed by atoms with E-state index in [1.165, 1.54) is 12.3 Å². The molecule has 1 amide bonds. The Hall–Kier alpha value is -0.920. The molecule has 0 radical (unpaired) electrons. The van der Waals surface area contributed by atoms with Crippen LogP contribution < -0.4 is 9.09 Å². The van der Waals surface area contributed by atoms with Gasteiger partial charge in [0.05, 0.1) is 34.6 Å². The van der Waals surface area contributed by atoms with Gasteiger partial charge in [-0.25, -0.2) is 5.10 Å². The van der Waals surface area contributed by atoms with E-state index in [-0.39, 0.29) is 17.0 Å². The lowest BCUT2D eigenvalue weighted by Gasteiger charge is -1.93. The fourth-order valence-electron chi connectivity index (χ4n) is 0.555. The number of nitrogens with zero attached hydrogens (tertiary/aromatic N) is 1. The summed E-state index contributed by atoms with van der Waals surface area (Å²) in [5, 5.41) is 5.61. The van der Waals surface area contributed by atoms with Crippen LogP contribution in [0.25, 0.3) is 0 Å². The average molecular weight is 265 g/mol. The number of rotatable bonds is 1. The molecule has 5 nitrogen and oxygen atoms in total. The minimum absolute atomic E-state index is 0.253. The van der Waals surface area contributed by atoms with Gasteiger partial charge in [-0.05, 0) is 0 Å². The highest BCUT2D eigenvalue weighted by Crippen LogP contribution is 1.91. The van der Waals surface area contributed by atoms with E-state index in [0.29, 0.717) is 0 Å². The van der Waals surface area contributed by atoms with E-state index in [0.717, 1.165) is 0 Å². The summed E-state index contributed by atoms with van der Waals surface area (Å²) >= 11 is 1.69. The van der Waals surface area contributed by atoms with Crippen molar-refractivity contribution in [3.05, 3.63) is 28.2 Å². The third kappa shape index (κ3) is 2.00. The first-order chi connectivity index (χ1) is 5.24. The van der Waals surface area contributed by atoms with Crippen LogP contribution >= 0.6 is 22.9 Å². The van der Waals surface area contributed by atoms with Crippen molar-refractivity contribution in [3.63, 3.8) is 0 Å². The highest BCUT2D eigenvalue weighted by atomic mass is 127. The molecule has 0 aliphatic heterocycles. The summed E-state index contributed by atoms with van der Waals surface area (Å²) in [6.07, 6.45) is 1.29. The van der Waals surface area contributed by atoms with Crippen LogP contribution in [0.2, 0.25) is 0 Å². The molecular formula is C5H4IN3O2. The molecule has 1 rings (SSSR count). The van der Waals surface area contributed by atoms with Crippen molar-refractivity contribution in [2.24, 2.45) is 0 Å². The van der Waals surface area contributed by atoms with E-state index in [1.807, 2.05) is 0 Å². The van der Waals surface area contributed by atoms with Crippen LogP contribution in [0.4, 0.5) is 0 Å². The Kier molecular flexibility index (Phi) is 2.58. The molecule has 1 aromatic heterocycles. The van der Waals surface area contributed by atoms with Crippen molar-refractivity contribution in [1.29, 1.82) is 0 Å². The lowest BCUT2D eigenvalue weighted by Crippen LogP contribution is -2.16. The van der Waals surface area contributed by atoms with Crippen molar-refractivity contribution < 1.29 is 4.79 Å². The number of H-pyrrole nitrogens is 1. The Morgan fingerprint density at radius 3 is 3.00 bits per heavy atom. The maximum absolute atomic E-state index is 10.9. The minimum Gasteiger partial charge on any atom is -0.295 e. The Labute approximate surface area is 75.7 Å². The SMILES string of the molecule is O=C(NI)c1cn[nH]c(=O)c1. The number of aromatic amines is 1. The summed E-state index contributed by atoms with van der Waals surface area (Å²) in [5.74, 6) is -0.329. The molecule has 0 atom stereocenters. The smallest absolute Gasteiger partial charge is 0.264 e. The number of carbonyl (C=O) groups excluding carboxylic acids is 1. The molecule has 0 saturated heterocycles. The zero-order chi connectivity index (χ0) is 8.27. The van der Waals surface area contributed by atoms with Crippen LogP contribution in [0.3, 0.4) is 0 Å². The van der Waals surface area contributed by atoms with Gasteiger partial charge in [-0.2, -0.15) is 5.10 Å². The van der Waals surface area contributed by atoms with Crippen molar-refractivity contribution in [2.45, 2.75) is 0 Å². The summed E-state index contributed by atoms with van der Waals surface area (Å²) in [5.41, 5.74) is -0.134. The number of carbonyl (C=O) groups is 1. The minimum atomic E-state index is -0.387. The Balaban J connectivity index is 3.05. The molecule has 2 N–H and O–H groups in total. The Morgan fingerprint density at radius 2 is 2.45 bits per heavy atom. The van der Waals surface area contributed by atoms with Gasteiger partial charge in [-0.3, -0.25) is 13.1 Å². The first-order valence-electron chi connectivity index (χ1n) is 2.70. The molecule has 0 unspecified atom stereocenters. The summed E-state index contributed by atoms with van der Waals surface area (Å²) in [4.78, 5) is 21.5. The molecular weight excluding hydrogens is 261 g/mol. The summed E-state index contributed by atoms with van der Waals surface area (Å²) in [7, 11) is 0. The van der Waals surface area contributed by atoms with E-state index in [1.54, 1.807) is 22.9 Å². The quantitative estimate of drug-likeness (QED) is 0.547. The van der Waals surface area contributed by atoms with Gasteiger partial charge in [0.2, 0.25) is 0 Å². The molecule has 0 aliphatic carbocycles. The molecule has 0 aliphatic rings. The second-order valence-corrected chi connectivity index (χ2v) is 2.30. The fraction of sp³-hybridized carbons (Fsp3) is 0. The van der Waals surface area contributed by atoms with Gasteiger partial charge < -0.3 is 0 Å². The van der Waals surface area contributed by atoms with E-state index >= 15 is 0 Å². The Bertz CT molecular complexity index is 322. The van der Waals surface area contributed by atoms with Crippen LogP contribution in [0.15, 0.2) is 17.1 Å². The van der Waals surface area contributed by atoms with E-state index < -0.39 is 0 Å². The zero-order valence-electron chi connectivity index (χ0n) is 5.30. The molecule has 0 saturated carbocycles. The second-order valence-electron chi connectivity index (χ2n) is 1.76. The van der Waals surface area contributed by atoms with Crippen LogP contribution in [0.1, 0.15) is 10.4 Å². The topological polar surface area (TPSA) is 74.8 Å². The highest BCUT2D eigenvalue weighted by Gasteiger charge is 2.02. The molecule has 11 heavy (non-hydrogen) atoms. The van der Waals surface area contributed by atoms with Gasteiger partial charge in [-0.1, -0.05) is 0 Å². The van der Waals surface area contributed by atoms with Gasteiger partial charge >= 0.3 is 0 Å². The highest BCUT2D eigenvalue weighted by molar-refractivity contribution is 14.1. The summed E-state index contributed by atoms with van der Waals surface area (Å²) < 4.78 is 2.35. The summed E-state index contributed by atoms with van der Waals surface area (Å²) in [6, 6.07) is 1.18. The first-order valence-corrected chi connectivity index (χ1v) is 3.77. The second kappa shape index (κ2) is 3.46. The van der Waals surface area contributed by atoms with Gasteiger partial charge in [0.25, 0.3) is 11.5 Å². The predicted molar refractivity (Wildman–Crippen MR) is 46.3 cm³/mol. The zero-order valence-corrected chi connectivity index (χ0v) is 7.45. The third-order valence-electron chi connectivity index (χ3n) is 1.01. The molecule has 0 spiro atoms. The lowest BCUT2D eigenvalue weighted by atomic mass is 10.3. The number of hydrogen-bond donors (Lipinski definition) is 2. The van der Waals surface area contributed by atoms with Gasteiger partial charge in [-0.15, -0.1) is 0 Å². The molecule has 1 heterocycles. The van der Waals surface area contributed by atoms with Crippen LogP contribution in [0, 0.1) is 0 Å². The van der Waals surface area contributed by atoms with Gasteiger partial charge in [0.1, 0.15) is 0 Å². The largest absolute Gasteiger partial charge is 0.295 e. The third-order valence-corrected chi connectivity index (χ3v) is 1.50. The van der Waals surface area contributed by atoms with Crippen molar-refractivity contribution in [1.82, 2.24) is 13.7 Å². The van der Waals surface area contributed by atoms with Crippen molar-refractivity contribution in [3.8, 4) is 0 Å². The molecule has 0 aromatic carbocycles. The van der Waals surface area contributed by atoms with E-state index in [4.69, 9.17) is 0 Å². The lowest BCUT2D eigenvalue weighted by molar-refractivity contribution is 0.0989. The first kappa shape index (κ1) is 8.18. The maximum Gasteiger partial charge on any atom is 0.264 e. The predicted octanol–water partition coefficient (Wildman–Crippen LogP) is -0.150. The average Bonchev–Trinajstić information content (AvgIpc) is 2.03. The van der Waals surface area contributed by atoms with Crippen LogP contribution in [0.5, 0.6) is 0 Å². The fourth-order valence-corrected chi connectivity index (χ4v) is 0.866. The molecule has 0 bridgehead atoms. The maximum atomic E-state index is 10.9. The number of aromatic nitrogens is 2. The standard InChI is InChI=1S/C5H4IN3O2/c6-8-5(11)3-1-4(10)9-7-2-3/h1-2H,(H,8,11)(H,9,10). The monoisotopic (exact) mass is 265 g/mol. The molecule has 58 valence electrons. The van der Waals surface area contributed by atoms with E-state index in [2.05, 4.69) is 13.7 Å². The normalized spacial score (nSPS) is 9.18. The number of hydrogen-bond acceptors (Lipinski definition) is 3. The Morgan fingerprint density at radius 1 is 1.73 bits per heavy atom. The number of nitrogens with one attached hydrogen (secondary N) is 2. The number of halogens is 1. The molecule has 6 heteroatoms. The molecule has 0 fully saturated rings.